The molecule has 0 amide bonds. The highest BCUT2D eigenvalue weighted by molar-refractivity contribution is 5.93. The Morgan fingerprint density at radius 1 is 1.07 bits per heavy atom. The van der Waals surface area contributed by atoms with Crippen LogP contribution in [0, 0.1) is 12.8 Å². The number of benzene rings is 1. The molecule has 0 radical (unpaired) electrons. The second kappa shape index (κ2) is 14.9. The number of rotatable bonds is 6. The van der Waals surface area contributed by atoms with E-state index in [9.17, 15) is 5.11 Å². The van der Waals surface area contributed by atoms with Gasteiger partial charge < -0.3 is 25.0 Å². The Hall–Kier alpha value is -2.99. The maximum absolute atomic E-state index is 9.52. The highest BCUT2D eigenvalue weighted by Gasteiger charge is 2.10. The fourth-order valence-electron chi connectivity index (χ4n) is 3.14. The Labute approximate surface area is 179 Å². The number of aromatic nitrogens is 2. The van der Waals surface area contributed by atoms with Gasteiger partial charge in [-0.05, 0) is 54.7 Å². The van der Waals surface area contributed by atoms with Crippen molar-refractivity contribution in [2.45, 2.75) is 47.1 Å². The molecule has 3 aromatic rings. The smallest absolute Gasteiger partial charge is 0.138 e. The van der Waals surface area contributed by atoms with Crippen molar-refractivity contribution in [3.05, 3.63) is 48.3 Å². The molecule has 6 nitrogen and oxygen atoms in total. The van der Waals surface area contributed by atoms with Crippen molar-refractivity contribution in [2.24, 2.45) is 5.92 Å². The lowest BCUT2D eigenvalue weighted by molar-refractivity contribution is -0.0987. The molecule has 1 aromatic carbocycles. The number of aromatic amines is 1. The molecule has 0 bridgehead atoms. The molecule has 3 N–H and O–H groups in total. The van der Waals surface area contributed by atoms with E-state index in [-0.39, 0.29) is 12.6 Å². The minimum absolute atomic E-state index is 0.0933. The number of aliphatic hydroxyl groups is 1. The number of nitrogens with zero attached hydrogens (tertiary/aromatic N) is 1. The minimum Gasteiger partial charge on any atom is -0.394 e. The van der Waals surface area contributed by atoms with Crippen molar-refractivity contribution in [1.29, 1.82) is 0 Å². The van der Waals surface area contributed by atoms with Gasteiger partial charge in [-0.1, -0.05) is 39.8 Å². The summed E-state index contributed by atoms with van der Waals surface area (Å²) in [7, 11) is 0. The Bertz CT molecular complexity index is 843. The molecule has 2 heterocycles. The van der Waals surface area contributed by atoms with Gasteiger partial charge in [0.1, 0.15) is 19.2 Å². The lowest BCUT2D eigenvalue weighted by atomic mass is 10.0. The number of carbonyl (C=O) groups excluding carboxylic acids is 2. The van der Waals surface area contributed by atoms with Crippen LogP contribution in [0.3, 0.4) is 0 Å². The van der Waals surface area contributed by atoms with Gasteiger partial charge in [-0.25, -0.2) is 4.98 Å². The van der Waals surface area contributed by atoms with Crippen LogP contribution >= 0.6 is 0 Å². The number of pyridine rings is 1. The normalized spacial score (nSPS) is 10.6. The van der Waals surface area contributed by atoms with Crippen LogP contribution in [0.25, 0.3) is 22.2 Å². The van der Waals surface area contributed by atoms with Gasteiger partial charge in [0.05, 0.1) is 6.61 Å². The second-order valence-corrected chi connectivity index (χ2v) is 6.80. The molecule has 0 spiro atoms. The van der Waals surface area contributed by atoms with Gasteiger partial charge in [0.2, 0.25) is 0 Å². The molecule has 1 atom stereocenters. The number of aliphatic hydroxyl groups excluding tert-OH is 1. The summed E-state index contributed by atoms with van der Waals surface area (Å²) in [5.74, 6) is 0.552. The number of H-pyrrole nitrogens is 1. The summed E-state index contributed by atoms with van der Waals surface area (Å²) < 4.78 is 0. The maximum Gasteiger partial charge on any atom is 0.138 e. The van der Waals surface area contributed by atoms with Crippen LogP contribution < -0.4 is 5.32 Å². The summed E-state index contributed by atoms with van der Waals surface area (Å²) in [6.07, 6.45) is 2.79. The first kappa shape index (κ1) is 27.0. The van der Waals surface area contributed by atoms with E-state index in [0.717, 1.165) is 34.4 Å². The summed E-state index contributed by atoms with van der Waals surface area (Å²) in [6.45, 7) is 14.5. The first-order valence-electron chi connectivity index (χ1n) is 10.1. The third kappa shape index (κ3) is 7.79. The van der Waals surface area contributed by atoms with Crippen LogP contribution in [0.2, 0.25) is 0 Å². The third-order valence-corrected chi connectivity index (χ3v) is 4.21. The monoisotopic (exact) mass is 413 g/mol. The van der Waals surface area contributed by atoms with Gasteiger partial charge in [-0.2, -0.15) is 0 Å². The largest absolute Gasteiger partial charge is 0.394 e. The quantitative estimate of drug-likeness (QED) is 0.528. The number of hydrogen-bond donors (Lipinski definition) is 3. The number of carbonyl (C=O) groups is 2. The SMILES string of the molecule is C=O.C=O.CC.Cc1cc2c(-c3ccc(NC(CO)CC(C)C)cc3)ccnc2[nH]1. The van der Waals surface area contributed by atoms with E-state index in [1.165, 1.54) is 5.56 Å². The Kier molecular flexibility index (Phi) is 13.4. The zero-order valence-corrected chi connectivity index (χ0v) is 18.7. The van der Waals surface area contributed by atoms with Crippen molar-refractivity contribution < 1.29 is 14.7 Å². The minimum atomic E-state index is 0.0933. The van der Waals surface area contributed by atoms with Gasteiger partial charge in [-0.3, -0.25) is 0 Å². The number of nitrogens with one attached hydrogen (secondary N) is 2. The third-order valence-electron chi connectivity index (χ3n) is 4.21. The fourth-order valence-corrected chi connectivity index (χ4v) is 3.14. The average Bonchev–Trinajstić information content (AvgIpc) is 3.18. The Morgan fingerprint density at radius 2 is 1.67 bits per heavy atom. The number of hydrogen-bond acceptors (Lipinski definition) is 5. The summed E-state index contributed by atoms with van der Waals surface area (Å²) in [4.78, 5) is 23.7. The fraction of sp³-hybridized carbons (Fsp3) is 0.375. The molecule has 2 aromatic heterocycles. The van der Waals surface area contributed by atoms with Crippen molar-refractivity contribution in [3.63, 3.8) is 0 Å². The summed E-state index contributed by atoms with van der Waals surface area (Å²) in [5.41, 5.74) is 5.41. The molecule has 0 aliphatic carbocycles. The molecule has 6 heteroatoms. The van der Waals surface area contributed by atoms with E-state index in [4.69, 9.17) is 9.59 Å². The molecule has 0 saturated carbocycles. The standard InChI is InChI=1S/C20H25N3O.C2H6.2CH2O/c1-13(2)10-17(12-24)23-16-6-4-15(5-7-16)18-8-9-21-20-19(18)11-14(3)22-20;3*1-2/h4-9,11,13,17,23-24H,10,12H2,1-3H3,(H,21,22);1-2H3;2*1H2. The average molecular weight is 414 g/mol. The lowest BCUT2D eigenvalue weighted by Gasteiger charge is -2.19. The Morgan fingerprint density at radius 3 is 2.20 bits per heavy atom. The van der Waals surface area contributed by atoms with Crippen LogP contribution in [0.4, 0.5) is 5.69 Å². The highest BCUT2D eigenvalue weighted by Crippen LogP contribution is 2.29. The van der Waals surface area contributed by atoms with Crippen molar-refractivity contribution in [2.75, 3.05) is 11.9 Å². The molecule has 30 heavy (non-hydrogen) atoms. The molecule has 0 aliphatic rings. The molecule has 0 fully saturated rings. The Balaban J connectivity index is 0.00000129. The van der Waals surface area contributed by atoms with Crippen LogP contribution in [-0.4, -0.2) is 41.3 Å². The van der Waals surface area contributed by atoms with E-state index >= 15 is 0 Å². The molecule has 1 unspecified atom stereocenters. The first-order chi connectivity index (χ1) is 14.6. The van der Waals surface area contributed by atoms with E-state index in [0.29, 0.717) is 5.92 Å². The summed E-state index contributed by atoms with van der Waals surface area (Å²) in [5, 5.41) is 14.1. The zero-order chi connectivity index (χ0) is 23.1. The van der Waals surface area contributed by atoms with E-state index in [2.05, 4.69) is 59.5 Å². The maximum atomic E-state index is 9.52. The predicted octanol–water partition coefficient (Wildman–Crippen LogP) is 5.01. The van der Waals surface area contributed by atoms with Crippen molar-refractivity contribution in [3.8, 4) is 11.1 Å². The molecule has 0 aliphatic heterocycles. The van der Waals surface area contributed by atoms with E-state index in [1.54, 1.807) is 0 Å². The topological polar surface area (TPSA) is 95.1 Å². The van der Waals surface area contributed by atoms with Crippen LogP contribution in [0.5, 0.6) is 0 Å². The first-order valence-corrected chi connectivity index (χ1v) is 10.1. The van der Waals surface area contributed by atoms with E-state index in [1.807, 2.05) is 46.6 Å². The van der Waals surface area contributed by atoms with Crippen LogP contribution in [0.1, 0.15) is 39.8 Å². The number of aryl methyl sites for hydroxylation is 1. The molecular weight excluding hydrogens is 378 g/mol. The highest BCUT2D eigenvalue weighted by atomic mass is 16.3. The van der Waals surface area contributed by atoms with Gasteiger partial charge in [0.25, 0.3) is 0 Å². The van der Waals surface area contributed by atoms with Crippen LogP contribution in [0.15, 0.2) is 42.6 Å². The van der Waals surface area contributed by atoms with Crippen molar-refractivity contribution in [1.82, 2.24) is 9.97 Å². The predicted molar refractivity (Wildman–Crippen MR) is 126 cm³/mol. The molecule has 0 saturated heterocycles. The molecule has 164 valence electrons. The van der Waals surface area contributed by atoms with Crippen molar-refractivity contribution >= 4 is 30.3 Å². The number of fused-ring (bicyclic) bond motifs is 1. The van der Waals surface area contributed by atoms with E-state index < -0.39 is 0 Å². The lowest BCUT2D eigenvalue weighted by Crippen LogP contribution is -2.25. The van der Waals surface area contributed by atoms with Gasteiger partial charge in [0, 0.05) is 29.0 Å². The number of anilines is 1. The summed E-state index contributed by atoms with van der Waals surface area (Å²) >= 11 is 0. The summed E-state index contributed by atoms with van der Waals surface area (Å²) in [6, 6.07) is 12.7. The van der Waals surface area contributed by atoms with Crippen LogP contribution in [-0.2, 0) is 9.59 Å². The molecule has 3 rings (SSSR count). The van der Waals surface area contributed by atoms with Gasteiger partial charge in [-0.15, -0.1) is 0 Å². The van der Waals surface area contributed by atoms with Gasteiger partial charge >= 0.3 is 0 Å². The molecular formula is C24H35N3O3. The zero-order valence-electron chi connectivity index (χ0n) is 18.7. The second-order valence-electron chi connectivity index (χ2n) is 6.80. The van der Waals surface area contributed by atoms with Gasteiger partial charge in [0.15, 0.2) is 0 Å².